The average molecular weight is 417 g/mol. The first-order valence-corrected chi connectivity index (χ1v) is 9.23. The molecule has 2 heterocycles. The normalized spacial score (nSPS) is 14.0. The summed E-state index contributed by atoms with van der Waals surface area (Å²) in [6.07, 6.45) is 3.46. The molecular formula is C20H21F2N5O3. The second kappa shape index (κ2) is 8.95. The van der Waals surface area contributed by atoms with Crippen molar-refractivity contribution in [1.29, 1.82) is 0 Å². The standard InChI is InChI=1S/C20H21F2N5O3/c1-3-30-19(28)26-18-8-14(6-7-24-18)13(2)20(29,10-27-12-23-11-25-27)16-5-4-15(21)9-17(16)22/h4-9,11-13,29H,3,10H2,1-2H3,(H,24,26,28). The topological polar surface area (TPSA) is 102 Å². The van der Waals surface area contributed by atoms with Gasteiger partial charge in [0.25, 0.3) is 0 Å². The van der Waals surface area contributed by atoms with E-state index in [0.29, 0.717) is 11.6 Å². The lowest BCUT2D eigenvalue weighted by molar-refractivity contribution is -0.0112. The van der Waals surface area contributed by atoms with E-state index in [9.17, 15) is 18.7 Å². The predicted octanol–water partition coefficient (Wildman–Crippen LogP) is 3.21. The van der Waals surface area contributed by atoms with Crippen LogP contribution in [-0.4, -0.2) is 37.6 Å². The van der Waals surface area contributed by atoms with Gasteiger partial charge in [-0.2, -0.15) is 5.10 Å². The smallest absolute Gasteiger partial charge is 0.412 e. The number of aromatic nitrogens is 4. The van der Waals surface area contributed by atoms with Crippen LogP contribution in [-0.2, 0) is 16.9 Å². The molecule has 3 aromatic rings. The number of anilines is 1. The fourth-order valence-electron chi connectivity index (χ4n) is 3.19. The lowest BCUT2D eigenvalue weighted by Crippen LogP contribution is -2.38. The Kier molecular flexibility index (Phi) is 6.36. The minimum Gasteiger partial charge on any atom is -0.450 e. The van der Waals surface area contributed by atoms with Crippen LogP contribution in [0.5, 0.6) is 0 Å². The van der Waals surface area contributed by atoms with Gasteiger partial charge in [-0.25, -0.2) is 28.2 Å². The Morgan fingerprint density at radius 1 is 1.33 bits per heavy atom. The van der Waals surface area contributed by atoms with Crippen LogP contribution in [0.2, 0.25) is 0 Å². The van der Waals surface area contributed by atoms with E-state index in [0.717, 1.165) is 6.07 Å². The molecule has 0 saturated heterocycles. The molecule has 0 aliphatic rings. The van der Waals surface area contributed by atoms with Crippen molar-refractivity contribution in [2.45, 2.75) is 31.9 Å². The summed E-state index contributed by atoms with van der Waals surface area (Å²) in [5.74, 6) is -2.13. The van der Waals surface area contributed by atoms with Crippen molar-refractivity contribution in [2.24, 2.45) is 0 Å². The lowest BCUT2D eigenvalue weighted by atomic mass is 9.78. The summed E-state index contributed by atoms with van der Waals surface area (Å²) in [5.41, 5.74) is -1.35. The maximum absolute atomic E-state index is 14.7. The highest BCUT2D eigenvalue weighted by atomic mass is 19.1. The maximum atomic E-state index is 14.7. The number of benzene rings is 1. The number of aliphatic hydroxyl groups is 1. The number of hydrogen-bond acceptors (Lipinski definition) is 6. The van der Waals surface area contributed by atoms with E-state index in [1.54, 1.807) is 26.0 Å². The largest absolute Gasteiger partial charge is 0.450 e. The first-order chi connectivity index (χ1) is 14.3. The van der Waals surface area contributed by atoms with E-state index in [-0.39, 0.29) is 24.5 Å². The van der Waals surface area contributed by atoms with Crippen LogP contribution in [0, 0.1) is 11.6 Å². The van der Waals surface area contributed by atoms with E-state index in [1.807, 2.05) is 0 Å². The predicted molar refractivity (Wildman–Crippen MR) is 104 cm³/mol. The van der Waals surface area contributed by atoms with Gasteiger partial charge in [0.1, 0.15) is 35.7 Å². The first-order valence-electron chi connectivity index (χ1n) is 9.23. The number of nitrogens with zero attached hydrogens (tertiary/aromatic N) is 4. The van der Waals surface area contributed by atoms with Gasteiger partial charge in [-0.15, -0.1) is 0 Å². The average Bonchev–Trinajstić information content (AvgIpc) is 3.20. The number of carbonyl (C=O) groups excluding carboxylic acids is 1. The third-order valence-corrected chi connectivity index (χ3v) is 4.77. The van der Waals surface area contributed by atoms with Crippen LogP contribution in [0.1, 0.15) is 30.9 Å². The quantitative estimate of drug-likeness (QED) is 0.612. The van der Waals surface area contributed by atoms with Gasteiger partial charge in [0.2, 0.25) is 0 Å². The summed E-state index contributed by atoms with van der Waals surface area (Å²) in [6, 6.07) is 6.19. The molecule has 8 nitrogen and oxygen atoms in total. The summed E-state index contributed by atoms with van der Waals surface area (Å²) in [7, 11) is 0. The molecule has 2 N–H and O–H groups in total. The van der Waals surface area contributed by atoms with Gasteiger partial charge in [0.05, 0.1) is 13.2 Å². The molecule has 1 aromatic carbocycles. The number of ether oxygens (including phenoxy) is 1. The van der Waals surface area contributed by atoms with Gasteiger partial charge in [-0.3, -0.25) is 5.32 Å². The van der Waals surface area contributed by atoms with Crippen molar-refractivity contribution < 1.29 is 23.4 Å². The number of pyridine rings is 1. The number of nitrogens with one attached hydrogen (secondary N) is 1. The Morgan fingerprint density at radius 3 is 2.80 bits per heavy atom. The van der Waals surface area contributed by atoms with Crippen LogP contribution in [0.4, 0.5) is 19.4 Å². The molecule has 2 aromatic heterocycles. The summed E-state index contributed by atoms with van der Waals surface area (Å²) < 4.78 is 34.3. The van der Waals surface area contributed by atoms with E-state index >= 15 is 0 Å². The van der Waals surface area contributed by atoms with E-state index in [4.69, 9.17) is 4.74 Å². The molecule has 0 bridgehead atoms. The van der Waals surface area contributed by atoms with Crippen LogP contribution in [0.3, 0.4) is 0 Å². The van der Waals surface area contributed by atoms with Crippen molar-refractivity contribution >= 4 is 11.9 Å². The number of amides is 1. The molecule has 0 saturated carbocycles. The van der Waals surface area contributed by atoms with Crippen molar-refractivity contribution in [3.05, 3.63) is 71.9 Å². The summed E-state index contributed by atoms with van der Waals surface area (Å²) in [6.45, 7) is 3.42. The second-order valence-electron chi connectivity index (χ2n) is 6.68. The third kappa shape index (κ3) is 4.60. The minimum absolute atomic E-state index is 0.0939. The molecule has 3 rings (SSSR count). The first kappa shape index (κ1) is 21.3. The van der Waals surface area contributed by atoms with E-state index < -0.39 is 29.2 Å². The Balaban J connectivity index is 2.00. The Hall–Kier alpha value is -3.40. The van der Waals surface area contributed by atoms with Crippen LogP contribution in [0.25, 0.3) is 0 Å². The Morgan fingerprint density at radius 2 is 2.13 bits per heavy atom. The Labute approximate surface area is 171 Å². The summed E-state index contributed by atoms with van der Waals surface area (Å²) in [4.78, 5) is 19.6. The summed E-state index contributed by atoms with van der Waals surface area (Å²) >= 11 is 0. The van der Waals surface area contributed by atoms with Crippen molar-refractivity contribution in [3.63, 3.8) is 0 Å². The van der Waals surface area contributed by atoms with Crippen molar-refractivity contribution in [3.8, 4) is 0 Å². The molecule has 0 spiro atoms. The zero-order valence-corrected chi connectivity index (χ0v) is 16.4. The fraction of sp³-hybridized carbons (Fsp3) is 0.300. The highest BCUT2D eigenvalue weighted by molar-refractivity contribution is 5.83. The number of halogens is 2. The second-order valence-corrected chi connectivity index (χ2v) is 6.68. The minimum atomic E-state index is -1.81. The Bertz CT molecular complexity index is 1020. The van der Waals surface area contributed by atoms with Gasteiger partial charge >= 0.3 is 6.09 Å². The zero-order valence-electron chi connectivity index (χ0n) is 16.4. The maximum Gasteiger partial charge on any atom is 0.412 e. The molecule has 0 aliphatic heterocycles. The van der Waals surface area contributed by atoms with Crippen LogP contribution >= 0.6 is 0 Å². The zero-order chi connectivity index (χ0) is 21.7. The number of rotatable bonds is 7. The molecule has 0 fully saturated rings. The van der Waals surface area contributed by atoms with Crippen molar-refractivity contribution in [2.75, 3.05) is 11.9 Å². The number of carbonyl (C=O) groups is 1. The molecule has 2 atom stereocenters. The van der Waals surface area contributed by atoms with Gasteiger partial charge in [0, 0.05) is 23.7 Å². The van der Waals surface area contributed by atoms with Crippen molar-refractivity contribution in [1.82, 2.24) is 19.7 Å². The van der Waals surface area contributed by atoms with Gasteiger partial charge in [-0.1, -0.05) is 13.0 Å². The highest BCUT2D eigenvalue weighted by Crippen LogP contribution is 2.40. The van der Waals surface area contributed by atoms with E-state index in [1.165, 1.54) is 29.6 Å². The molecule has 2 unspecified atom stereocenters. The fourth-order valence-corrected chi connectivity index (χ4v) is 3.19. The van der Waals surface area contributed by atoms with Gasteiger partial charge in [0.15, 0.2) is 0 Å². The molecule has 0 radical (unpaired) electrons. The van der Waals surface area contributed by atoms with Crippen LogP contribution < -0.4 is 5.32 Å². The monoisotopic (exact) mass is 417 g/mol. The molecule has 158 valence electrons. The van der Waals surface area contributed by atoms with Gasteiger partial charge in [-0.05, 0) is 30.7 Å². The molecular weight excluding hydrogens is 396 g/mol. The van der Waals surface area contributed by atoms with E-state index in [2.05, 4.69) is 20.4 Å². The lowest BCUT2D eigenvalue weighted by Gasteiger charge is -2.35. The SMILES string of the molecule is CCOC(=O)Nc1cc(C(C)C(O)(Cn2cncn2)c2ccc(F)cc2F)ccn1. The highest BCUT2D eigenvalue weighted by Gasteiger charge is 2.40. The van der Waals surface area contributed by atoms with Gasteiger partial charge < -0.3 is 9.84 Å². The summed E-state index contributed by atoms with van der Waals surface area (Å²) in [5, 5.41) is 18.1. The molecule has 10 heteroatoms. The third-order valence-electron chi connectivity index (χ3n) is 4.77. The molecule has 1 amide bonds. The molecule has 0 aliphatic carbocycles. The van der Waals surface area contributed by atoms with Crippen LogP contribution in [0.15, 0.2) is 49.2 Å². The molecule has 30 heavy (non-hydrogen) atoms. The number of hydrogen-bond donors (Lipinski definition) is 2.